The maximum absolute atomic E-state index is 12.3. The van der Waals surface area contributed by atoms with E-state index in [4.69, 9.17) is 30.3 Å². The Morgan fingerprint density at radius 3 is 2.45 bits per heavy atom. The Balaban J connectivity index is 0.000000470. The van der Waals surface area contributed by atoms with E-state index in [1.165, 1.54) is 0 Å². The zero-order valence-corrected chi connectivity index (χ0v) is 20.9. The first-order valence-corrected chi connectivity index (χ1v) is 12.0. The van der Waals surface area contributed by atoms with E-state index in [1.807, 2.05) is 54.6 Å². The molecule has 2 heterocycles. The normalized spacial score (nSPS) is 14.9. The maximum Gasteiger partial charge on any atom is 0.490 e. The number of hydrogen-bond acceptors (Lipinski definition) is 7. The van der Waals surface area contributed by atoms with Crippen molar-refractivity contribution in [3.05, 3.63) is 78.2 Å². The van der Waals surface area contributed by atoms with Crippen LogP contribution in [0.4, 0.5) is 13.2 Å². The largest absolute Gasteiger partial charge is 0.490 e. The topological polar surface area (TPSA) is 156 Å². The molecule has 1 saturated heterocycles. The smallest absolute Gasteiger partial charge is 0.485 e. The number of fused-ring (bicyclic) bond motifs is 1. The molecule has 208 valence electrons. The molecule has 0 radical (unpaired) electrons. The molecule has 0 unspecified atom stereocenters. The number of ether oxygens (including phenoxy) is 1. The van der Waals surface area contributed by atoms with E-state index in [2.05, 4.69) is 10.1 Å². The van der Waals surface area contributed by atoms with Crippen LogP contribution in [-0.2, 0) is 4.79 Å². The summed E-state index contributed by atoms with van der Waals surface area (Å²) >= 11 is 0. The monoisotopic (exact) mass is 555 g/mol. The van der Waals surface area contributed by atoms with Crippen LogP contribution < -0.4 is 10.5 Å². The molecule has 0 saturated carbocycles. The third kappa shape index (κ3) is 6.73. The molecule has 4 N–H and O–H groups in total. The summed E-state index contributed by atoms with van der Waals surface area (Å²) in [6.45, 7) is 0.701. The molecule has 0 spiro atoms. The number of nitrogens with one attached hydrogen (secondary N) is 1. The van der Waals surface area contributed by atoms with Gasteiger partial charge in [0, 0.05) is 17.7 Å². The molecule has 3 aromatic carbocycles. The third-order valence-corrected chi connectivity index (χ3v) is 6.07. The Morgan fingerprint density at radius 2 is 1.77 bits per heavy atom. The zero-order chi connectivity index (χ0) is 28.9. The van der Waals surface area contributed by atoms with Crippen LogP contribution in [0.5, 0.6) is 5.75 Å². The average molecular weight is 556 g/mol. The van der Waals surface area contributed by atoms with Crippen molar-refractivity contribution in [3.63, 3.8) is 0 Å². The first-order valence-electron chi connectivity index (χ1n) is 12.0. The van der Waals surface area contributed by atoms with Gasteiger partial charge in [0.2, 0.25) is 11.7 Å². The Morgan fingerprint density at radius 1 is 1.10 bits per heavy atom. The van der Waals surface area contributed by atoms with E-state index >= 15 is 0 Å². The lowest BCUT2D eigenvalue weighted by atomic mass is 10.1. The number of halogens is 3. The number of nitrogens with two attached hydrogens (primary N) is 1. The molecule has 40 heavy (non-hydrogen) atoms. The molecule has 0 bridgehead atoms. The SMILES string of the molecule is N=C(N)N1CCC[C@H]1c1nc(-c2ccc3cc(OCC(=O)c4ccccc4)ccc3c2)no1.O=C(O)C(F)(F)F. The Hall–Kier alpha value is -4.94. The Labute approximate surface area is 225 Å². The number of carboxylic acids is 1. The van der Waals surface area contributed by atoms with Gasteiger partial charge >= 0.3 is 12.1 Å². The van der Waals surface area contributed by atoms with Crippen LogP contribution in [0.15, 0.2) is 71.3 Å². The highest BCUT2D eigenvalue weighted by Gasteiger charge is 2.38. The van der Waals surface area contributed by atoms with E-state index in [-0.39, 0.29) is 24.4 Å². The molecule has 1 aromatic heterocycles. The number of hydrogen-bond donors (Lipinski definition) is 3. The minimum absolute atomic E-state index is 0.0162. The van der Waals surface area contributed by atoms with Crippen LogP contribution in [0.1, 0.15) is 35.1 Å². The summed E-state index contributed by atoms with van der Waals surface area (Å²) in [4.78, 5) is 27.5. The standard InChI is InChI=1S/C25H23N5O3.C2HF3O2/c26-25(27)30-12-4-7-21(30)24-28-23(29-33-24)19-9-8-18-14-20(11-10-17(18)13-19)32-15-22(31)16-5-2-1-3-6-16;3-2(4,5)1(6)7/h1-3,5-6,8-11,13-14,21H,4,7,12,15H2,(H3,26,27);(H,6,7)/t21-;/m0./s1. The van der Waals surface area contributed by atoms with E-state index in [0.29, 0.717) is 23.0 Å². The van der Waals surface area contributed by atoms with Crippen molar-refractivity contribution in [2.24, 2.45) is 5.73 Å². The number of aromatic nitrogens is 2. The lowest BCUT2D eigenvalue weighted by Crippen LogP contribution is -2.35. The lowest BCUT2D eigenvalue weighted by Gasteiger charge is -2.21. The third-order valence-electron chi connectivity index (χ3n) is 6.07. The van der Waals surface area contributed by atoms with Crippen molar-refractivity contribution in [3.8, 4) is 17.1 Å². The number of aliphatic carboxylic acids is 1. The van der Waals surface area contributed by atoms with Gasteiger partial charge < -0.3 is 25.0 Å². The molecule has 1 aliphatic heterocycles. The fraction of sp³-hybridized carbons (Fsp3) is 0.222. The number of carbonyl (C=O) groups is 2. The van der Waals surface area contributed by atoms with E-state index in [1.54, 1.807) is 17.0 Å². The summed E-state index contributed by atoms with van der Waals surface area (Å²) in [6, 6.07) is 20.5. The van der Waals surface area contributed by atoms with Crippen LogP contribution in [0.2, 0.25) is 0 Å². The van der Waals surface area contributed by atoms with Gasteiger partial charge in [-0.05, 0) is 41.8 Å². The number of alkyl halides is 3. The van der Waals surface area contributed by atoms with Crippen molar-refractivity contribution in [2.75, 3.05) is 13.2 Å². The van der Waals surface area contributed by atoms with Crippen LogP contribution in [0.25, 0.3) is 22.2 Å². The van der Waals surface area contributed by atoms with Gasteiger partial charge in [-0.1, -0.05) is 53.7 Å². The molecule has 1 fully saturated rings. The number of nitrogens with zero attached hydrogens (tertiary/aromatic N) is 3. The number of ketones is 1. The van der Waals surface area contributed by atoms with Gasteiger partial charge in [0.1, 0.15) is 11.8 Å². The highest BCUT2D eigenvalue weighted by molar-refractivity contribution is 5.97. The number of benzene rings is 3. The lowest BCUT2D eigenvalue weighted by molar-refractivity contribution is -0.192. The second-order valence-electron chi connectivity index (χ2n) is 8.80. The minimum atomic E-state index is -5.08. The van der Waals surface area contributed by atoms with Crippen LogP contribution >= 0.6 is 0 Å². The van der Waals surface area contributed by atoms with Gasteiger partial charge in [-0.15, -0.1) is 0 Å². The number of guanidine groups is 1. The Kier molecular flexibility index (Phi) is 8.31. The van der Waals surface area contributed by atoms with Crippen LogP contribution in [0.3, 0.4) is 0 Å². The highest BCUT2D eigenvalue weighted by atomic mass is 19.4. The molecular formula is C27H24F3N5O5. The summed E-state index contributed by atoms with van der Waals surface area (Å²) in [5.41, 5.74) is 7.14. The van der Waals surface area contributed by atoms with E-state index in [9.17, 15) is 18.0 Å². The summed E-state index contributed by atoms with van der Waals surface area (Å²) in [5.74, 6) is -1.20. The van der Waals surface area contributed by atoms with Gasteiger partial charge in [0.05, 0.1) is 0 Å². The molecule has 1 atom stereocenters. The van der Waals surface area contributed by atoms with Gasteiger partial charge in [-0.25, -0.2) is 4.79 Å². The summed E-state index contributed by atoms with van der Waals surface area (Å²) < 4.78 is 42.9. The molecule has 10 nitrogen and oxygen atoms in total. The predicted octanol–water partition coefficient (Wildman–Crippen LogP) is 4.82. The van der Waals surface area contributed by atoms with Crippen LogP contribution in [-0.4, -0.2) is 57.2 Å². The van der Waals surface area contributed by atoms with E-state index in [0.717, 1.165) is 35.7 Å². The highest BCUT2D eigenvalue weighted by Crippen LogP contribution is 2.32. The molecule has 5 rings (SSSR count). The zero-order valence-electron chi connectivity index (χ0n) is 20.9. The number of likely N-dealkylation sites (tertiary alicyclic amines) is 1. The first kappa shape index (κ1) is 28.1. The maximum atomic E-state index is 12.3. The van der Waals surface area contributed by atoms with Gasteiger partial charge in [-0.3, -0.25) is 10.2 Å². The fourth-order valence-electron chi connectivity index (χ4n) is 4.11. The number of Topliss-reactive ketones (excluding diaryl/α,β-unsaturated/α-hetero) is 1. The molecule has 4 aromatic rings. The van der Waals surface area contributed by atoms with Crippen LogP contribution in [0, 0.1) is 5.41 Å². The average Bonchev–Trinajstić information content (AvgIpc) is 3.62. The second kappa shape index (κ2) is 11.8. The molecule has 13 heteroatoms. The quantitative estimate of drug-likeness (QED) is 0.173. The summed E-state index contributed by atoms with van der Waals surface area (Å²) in [5, 5.41) is 21.0. The fourth-order valence-corrected chi connectivity index (χ4v) is 4.11. The second-order valence-corrected chi connectivity index (χ2v) is 8.80. The summed E-state index contributed by atoms with van der Waals surface area (Å²) in [7, 11) is 0. The van der Waals surface area contributed by atoms with Crippen molar-refractivity contribution in [2.45, 2.75) is 25.1 Å². The van der Waals surface area contributed by atoms with Gasteiger partial charge in [0.25, 0.3) is 0 Å². The van der Waals surface area contributed by atoms with Crippen molar-refractivity contribution >= 4 is 28.5 Å². The van der Waals surface area contributed by atoms with Crippen molar-refractivity contribution in [1.29, 1.82) is 5.41 Å². The number of carboxylic acid groups (broad SMARTS) is 1. The molecule has 0 amide bonds. The van der Waals surface area contributed by atoms with E-state index < -0.39 is 12.1 Å². The first-order chi connectivity index (χ1) is 19.0. The molecule has 1 aliphatic rings. The molecular weight excluding hydrogens is 531 g/mol. The summed E-state index contributed by atoms with van der Waals surface area (Å²) in [6.07, 6.45) is -3.33. The predicted molar refractivity (Wildman–Crippen MR) is 138 cm³/mol. The van der Waals surface area contributed by atoms with Crippen molar-refractivity contribution in [1.82, 2.24) is 15.0 Å². The molecule has 0 aliphatic carbocycles. The van der Waals surface area contributed by atoms with Gasteiger partial charge in [-0.2, -0.15) is 18.2 Å². The van der Waals surface area contributed by atoms with Gasteiger partial charge in [0.15, 0.2) is 18.3 Å². The minimum Gasteiger partial charge on any atom is -0.485 e. The van der Waals surface area contributed by atoms with Crippen molar-refractivity contribution < 1.29 is 37.1 Å². The number of rotatable bonds is 6. The number of carbonyl (C=O) groups excluding carboxylic acids is 1. The Bertz CT molecular complexity index is 1520.